The smallest absolute Gasteiger partial charge is 0.262 e. The van der Waals surface area contributed by atoms with E-state index < -0.39 is 5.91 Å². The second kappa shape index (κ2) is 10.0. The second-order valence-corrected chi connectivity index (χ2v) is 7.41. The first-order valence-electron chi connectivity index (χ1n) is 9.64. The lowest BCUT2D eigenvalue weighted by Crippen LogP contribution is -2.75. The van der Waals surface area contributed by atoms with E-state index in [0.29, 0.717) is 22.0 Å². The number of allylic oxidation sites excluding steroid dienone is 1. The summed E-state index contributed by atoms with van der Waals surface area (Å²) in [6.07, 6.45) is 1.04. The Balaban J connectivity index is 1.76. The van der Waals surface area contributed by atoms with Gasteiger partial charge in [0.05, 0.1) is 11.3 Å². The van der Waals surface area contributed by atoms with Crippen LogP contribution in [0.4, 0.5) is 17.1 Å². The molecule has 30 heavy (non-hydrogen) atoms. The molecule has 1 aliphatic rings. The van der Waals surface area contributed by atoms with E-state index in [0.717, 1.165) is 43.8 Å². The highest BCUT2D eigenvalue weighted by Gasteiger charge is 2.18. The molecule has 0 atom stereocenters. The Morgan fingerprint density at radius 1 is 1.27 bits per heavy atom. The van der Waals surface area contributed by atoms with Crippen LogP contribution in [0.15, 0.2) is 53.7 Å². The number of rotatable bonds is 6. The first-order valence-corrected chi connectivity index (χ1v) is 10.0. The number of hydrogen-bond acceptors (Lipinski definition) is 5. The zero-order chi connectivity index (χ0) is 21.5. The van der Waals surface area contributed by atoms with Crippen LogP contribution >= 0.6 is 11.6 Å². The van der Waals surface area contributed by atoms with Crippen LogP contribution in [0.5, 0.6) is 0 Å². The minimum absolute atomic E-state index is 0.245. The third-order valence-electron chi connectivity index (χ3n) is 4.90. The molecule has 0 saturated carbocycles. The van der Waals surface area contributed by atoms with E-state index in [1.54, 1.807) is 31.2 Å². The van der Waals surface area contributed by atoms with Crippen molar-refractivity contribution in [2.75, 3.05) is 36.4 Å². The van der Waals surface area contributed by atoms with Crippen molar-refractivity contribution in [2.24, 2.45) is 0 Å². The van der Waals surface area contributed by atoms with Crippen molar-refractivity contribution in [1.82, 2.24) is 5.32 Å². The Hall–Kier alpha value is -3.18. The average molecular weight is 424 g/mol. The number of piperazine rings is 1. The van der Waals surface area contributed by atoms with Gasteiger partial charge in [0.2, 0.25) is 0 Å². The number of carbonyl (C=O) groups is 1. The minimum atomic E-state index is -0.397. The summed E-state index contributed by atoms with van der Waals surface area (Å²) < 4.78 is 0. The molecule has 1 aliphatic heterocycles. The molecule has 2 aromatic carbocycles. The largest absolute Gasteiger partial charge is 0.368 e. The van der Waals surface area contributed by atoms with Crippen LogP contribution in [0.1, 0.15) is 12.5 Å². The number of carbonyl (C=O) groups excluding carboxylic acids is 1. The maximum absolute atomic E-state index is 12.8. The zero-order valence-corrected chi connectivity index (χ0v) is 17.5. The Bertz CT molecular complexity index is 1000. The third-order valence-corrected chi connectivity index (χ3v) is 5.15. The number of nitrogens with two attached hydrogens (primary N) is 1. The number of quaternary nitrogens is 1. The normalized spacial score (nSPS) is 14.5. The van der Waals surface area contributed by atoms with Gasteiger partial charge in [-0.2, -0.15) is 5.26 Å². The summed E-state index contributed by atoms with van der Waals surface area (Å²) in [7, 11) is 0. The fourth-order valence-corrected chi connectivity index (χ4v) is 3.45. The fraction of sp³-hybridized carbons (Fsp3) is 0.227. The lowest BCUT2D eigenvalue weighted by atomic mass is 10.1. The SMILES string of the molecule is CC([NH2+]c1ccc(Cl)cc1)=C(C=N)C(=O)Nc1ccc(N2CCNCC2)c(C#N)c1. The maximum Gasteiger partial charge on any atom is 0.262 e. The predicted octanol–water partition coefficient (Wildman–Crippen LogP) is 2.38. The van der Waals surface area contributed by atoms with Crippen molar-refractivity contribution in [2.45, 2.75) is 6.92 Å². The van der Waals surface area contributed by atoms with Gasteiger partial charge in [0.25, 0.3) is 5.91 Å². The number of anilines is 2. The third kappa shape index (κ3) is 5.24. The molecule has 0 spiro atoms. The second-order valence-electron chi connectivity index (χ2n) is 6.97. The molecule has 1 amide bonds. The number of hydrogen-bond donors (Lipinski definition) is 4. The minimum Gasteiger partial charge on any atom is -0.368 e. The molecule has 0 aromatic heterocycles. The molecule has 0 aliphatic carbocycles. The predicted molar refractivity (Wildman–Crippen MR) is 119 cm³/mol. The van der Waals surface area contributed by atoms with Crippen LogP contribution in [0, 0.1) is 16.7 Å². The van der Waals surface area contributed by atoms with Crippen molar-refractivity contribution in [3.63, 3.8) is 0 Å². The van der Waals surface area contributed by atoms with Gasteiger partial charge in [0, 0.05) is 62.2 Å². The van der Waals surface area contributed by atoms with E-state index in [4.69, 9.17) is 17.0 Å². The van der Waals surface area contributed by atoms with E-state index in [2.05, 4.69) is 21.6 Å². The van der Waals surface area contributed by atoms with Crippen LogP contribution in [-0.4, -0.2) is 38.3 Å². The molecule has 2 aromatic rings. The lowest BCUT2D eigenvalue weighted by Gasteiger charge is -2.30. The zero-order valence-electron chi connectivity index (χ0n) is 16.7. The average Bonchev–Trinajstić information content (AvgIpc) is 2.76. The molecule has 7 nitrogen and oxygen atoms in total. The number of nitrogens with zero attached hydrogens (tertiary/aromatic N) is 2. The highest BCUT2D eigenvalue weighted by atomic mass is 35.5. The highest BCUT2D eigenvalue weighted by molar-refractivity contribution is 6.30. The summed E-state index contributed by atoms with van der Waals surface area (Å²) in [6.45, 7) is 5.20. The molecule has 1 fully saturated rings. The van der Waals surface area contributed by atoms with Crippen LogP contribution < -0.4 is 20.9 Å². The summed E-state index contributed by atoms with van der Waals surface area (Å²) >= 11 is 5.91. The molecule has 3 rings (SSSR count). The van der Waals surface area contributed by atoms with Gasteiger partial charge in [0.15, 0.2) is 0 Å². The van der Waals surface area contributed by atoms with Crippen LogP contribution in [0.2, 0.25) is 5.02 Å². The van der Waals surface area contributed by atoms with Crippen molar-refractivity contribution in [3.8, 4) is 6.07 Å². The van der Waals surface area contributed by atoms with Gasteiger partial charge in [0.1, 0.15) is 23.0 Å². The summed E-state index contributed by atoms with van der Waals surface area (Å²) in [5, 5.41) is 25.8. The van der Waals surface area contributed by atoms with Gasteiger partial charge in [-0.15, -0.1) is 0 Å². The van der Waals surface area contributed by atoms with E-state index in [1.807, 2.05) is 23.5 Å². The number of amides is 1. The van der Waals surface area contributed by atoms with Crippen molar-refractivity contribution in [3.05, 3.63) is 64.3 Å². The summed E-state index contributed by atoms with van der Waals surface area (Å²) in [5.41, 5.74) is 3.69. The van der Waals surface area contributed by atoms with Gasteiger partial charge >= 0.3 is 0 Å². The van der Waals surface area contributed by atoms with Gasteiger partial charge in [-0.3, -0.25) is 10.1 Å². The quantitative estimate of drug-likeness (QED) is 0.325. The first kappa shape index (κ1) is 21.5. The molecule has 1 heterocycles. The molecule has 0 bridgehead atoms. The molecule has 0 unspecified atom stereocenters. The van der Waals surface area contributed by atoms with Gasteiger partial charge in [-0.1, -0.05) is 11.6 Å². The Labute approximate surface area is 180 Å². The summed E-state index contributed by atoms with van der Waals surface area (Å²) in [5.74, 6) is -0.397. The molecular formula is C22H24ClN6O+. The number of halogens is 1. The highest BCUT2D eigenvalue weighted by Crippen LogP contribution is 2.24. The van der Waals surface area contributed by atoms with E-state index >= 15 is 0 Å². The molecular weight excluding hydrogens is 400 g/mol. The van der Waals surface area contributed by atoms with E-state index in [-0.39, 0.29) is 5.57 Å². The monoisotopic (exact) mass is 423 g/mol. The number of nitriles is 1. The molecule has 0 radical (unpaired) electrons. The van der Waals surface area contributed by atoms with Gasteiger partial charge < -0.3 is 20.9 Å². The standard InChI is InChI=1S/C22H23ClN6O/c1-15(27-18-4-2-17(23)3-5-18)20(14-25)22(30)28-19-6-7-21(16(12-19)13-24)29-10-8-26-9-11-29/h2-7,12,14,25-27H,8-11H2,1H3,(H,28,30)/p+1. The topological polar surface area (TPSA) is 109 Å². The molecule has 154 valence electrons. The Morgan fingerprint density at radius 2 is 1.97 bits per heavy atom. The van der Waals surface area contributed by atoms with E-state index in [1.165, 1.54) is 0 Å². The molecule has 5 N–H and O–H groups in total. The Morgan fingerprint density at radius 3 is 2.60 bits per heavy atom. The van der Waals surface area contributed by atoms with Gasteiger partial charge in [-0.25, -0.2) is 0 Å². The van der Waals surface area contributed by atoms with Crippen molar-refractivity contribution < 1.29 is 10.1 Å². The van der Waals surface area contributed by atoms with Crippen molar-refractivity contribution >= 4 is 40.8 Å². The van der Waals surface area contributed by atoms with Crippen LogP contribution in [0.3, 0.4) is 0 Å². The molecule has 1 saturated heterocycles. The number of nitrogens with one attached hydrogen (secondary N) is 3. The maximum atomic E-state index is 12.8. The number of benzene rings is 2. The van der Waals surface area contributed by atoms with E-state index in [9.17, 15) is 10.1 Å². The van der Waals surface area contributed by atoms with Crippen LogP contribution in [-0.2, 0) is 4.79 Å². The summed E-state index contributed by atoms with van der Waals surface area (Å²) in [6, 6.07) is 14.8. The first-order chi connectivity index (χ1) is 14.5. The fourth-order valence-electron chi connectivity index (χ4n) is 3.33. The van der Waals surface area contributed by atoms with Crippen LogP contribution in [0.25, 0.3) is 0 Å². The summed E-state index contributed by atoms with van der Waals surface area (Å²) in [4.78, 5) is 14.9. The lowest BCUT2D eigenvalue weighted by molar-refractivity contribution is -0.517. The molecule has 8 heteroatoms. The van der Waals surface area contributed by atoms with Crippen molar-refractivity contribution in [1.29, 1.82) is 10.7 Å². The Kier molecular flexibility index (Phi) is 7.20. The van der Waals surface area contributed by atoms with Gasteiger partial charge in [-0.05, 0) is 30.3 Å².